The summed E-state index contributed by atoms with van der Waals surface area (Å²) < 4.78 is 495. The molecular weight excluding hydrogens is 1090 g/mol. The van der Waals surface area contributed by atoms with E-state index in [1.807, 2.05) is 0 Å². The van der Waals surface area contributed by atoms with Gasteiger partial charge in [-0.15, -0.1) is 0 Å². The topological polar surface area (TPSA) is 36.9 Å². The van der Waals surface area contributed by atoms with Crippen LogP contribution < -0.4 is 0 Å². The molecule has 0 bridgehead atoms. The van der Waals surface area contributed by atoms with E-state index >= 15 is 17.6 Å². The normalized spacial score (nSPS) is 23.2. The second-order valence-electron chi connectivity index (χ2n) is 15.3. The number of hydrogen-bond donors (Lipinski definition) is 0. The van der Waals surface area contributed by atoms with E-state index in [1.165, 1.54) is 0 Å². The van der Waals surface area contributed by atoms with Crippen LogP contribution in [-0.2, 0) is 18.9 Å². The van der Waals surface area contributed by atoms with Crippen molar-refractivity contribution in [1.82, 2.24) is 0 Å². The summed E-state index contributed by atoms with van der Waals surface area (Å²) in [7, 11) is 0. The molecular formula is C32H20F34O4. The Morgan fingerprint density at radius 1 is 0.443 bits per heavy atom. The van der Waals surface area contributed by atoms with Crippen LogP contribution in [0, 0.1) is 0 Å². The van der Waals surface area contributed by atoms with Gasteiger partial charge in [0.15, 0.2) is 18.2 Å². The molecule has 38 heteroatoms. The molecule has 2 aliphatic heterocycles. The van der Waals surface area contributed by atoms with E-state index < -0.39 is 150 Å². The molecule has 0 radical (unpaired) electrons. The molecule has 0 spiro atoms. The van der Waals surface area contributed by atoms with Gasteiger partial charge in [-0.2, -0.15) is 149 Å². The fourth-order valence-corrected chi connectivity index (χ4v) is 6.12. The Morgan fingerprint density at radius 3 is 1.13 bits per heavy atom. The fraction of sp³-hybridized carbons (Fsp3) is 0.812. The van der Waals surface area contributed by atoms with Gasteiger partial charge in [0.1, 0.15) is 12.2 Å². The van der Waals surface area contributed by atoms with E-state index in [4.69, 9.17) is 14.2 Å². The van der Waals surface area contributed by atoms with Crippen LogP contribution in [0.4, 0.5) is 149 Å². The Morgan fingerprint density at radius 2 is 0.771 bits per heavy atom. The lowest BCUT2D eigenvalue weighted by Crippen LogP contribution is -2.74. The zero-order valence-electron chi connectivity index (χ0n) is 32.7. The molecule has 2 heterocycles. The maximum atomic E-state index is 15.9. The van der Waals surface area contributed by atoms with Crippen molar-refractivity contribution in [2.75, 3.05) is 0 Å². The van der Waals surface area contributed by atoms with E-state index in [0.717, 1.165) is 0 Å². The highest BCUT2D eigenvalue weighted by Gasteiger charge is 2.97. The molecule has 0 aliphatic carbocycles. The van der Waals surface area contributed by atoms with Crippen molar-refractivity contribution in [3.63, 3.8) is 0 Å². The molecule has 70 heavy (non-hydrogen) atoms. The number of hydrogen-bond acceptors (Lipinski definition) is 4. The Hall–Kier alpha value is -3.32. The standard InChI is InChI=1S/C32H20F34O4/c1-16(2)69-13-12(11(67-15(13)70-16)8-9-17(33,34)19(37,38)21(41,42)23(45,46)25(49,50)27(53,54)29(57,58)31(61,62)63)68-14(10-6-4-3-5-7-10)18(35,36)20(39,40)22(43,44)24(47,48)26(51,52)28(55,56)30(59,60)32(64,65)66/h3-7,11-15H,8-9H2,1-2H3/t11-,12+,13-,14?,15-/m1/s1. The third-order valence-electron chi connectivity index (χ3n) is 10.1. The Balaban J connectivity index is 2.18. The van der Waals surface area contributed by atoms with E-state index in [0.29, 0.717) is 32.0 Å². The zero-order chi connectivity index (χ0) is 55.7. The number of benzene rings is 1. The monoisotopic (exact) mass is 1110 g/mol. The molecule has 0 amide bonds. The Bertz CT molecular complexity index is 2010. The van der Waals surface area contributed by atoms with Crippen LogP contribution in [0.3, 0.4) is 0 Å². The molecule has 3 rings (SSSR count). The van der Waals surface area contributed by atoms with Crippen molar-refractivity contribution < 1.29 is 168 Å². The van der Waals surface area contributed by atoms with Gasteiger partial charge in [0.2, 0.25) is 0 Å². The first-order valence-electron chi connectivity index (χ1n) is 17.5. The maximum Gasteiger partial charge on any atom is 0.460 e. The molecule has 410 valence electrons. The van der Waals surface area contributed by atoms with Gasteiger partial charge in [0.25, 0.3) is 0 Å². The smallest absolute Gasteiger partial charge is 0.358 e. The minimum absolute atomic E-state index is 0.0589. The average molecular weight is 1110 g/mol. The van der Waals surface area contributed by atoms with E-state index in [-0.39, 0.29) is 12.1 Å². The molecule has 2 saturated heterocycles. The van der Waals surface area contributed by atoms with Crippen LogP contribution in [-0.4, -0.2) is 126 Å². The number of rotatable bonds is 19. The van der Waals surface area contributed by atoms with Gasteiger partial charge in [-0.1, -0.05) is 30.3 Å². The van der Waals surface area contributed by atoms with Crippen LogP contribution >= 0.6 is 0 Å². The lowest BCUT2D eigenvalue weighted by molar-refractivity contribution is -0.465. The second kappa shape index (κ2) is 16.9. The van der Waals surface area contributed by atoms with Crippen molar-refractivity contribution in [2.24, 2.45) is 0 Å². The molecule has 4 nitrogen and oxygen atoms in total. The minimum atomic E-state index is -9.20. The van der Waals surface area contributed by atoms with Crippen molar-refractivity contribution in [3.05, 3.63) is 35.9 Å². The second-order valence-corrected chi connectivity index (χ2v) is 15.3. The summed E-state index contributed by atoms with van der Waals surface area (Å²) in [6.07, 6.45) is -39.2. The average Bonchev–Trinajstić information content (AvgIpc) is 3.64. The highest BCUT2D eigenvalue weighted by atomic mass is 19.4. The van der Waals surface area contributed by atoms with Crippen molar-refractivity contribution in [3.8, 4) is 0 Å². The lowest BCUT2D eigenvalue weighted by Gasteiger charge is -2.44. The van der Waals surface area contributed by atoms with Gasteiger partial charge in [0, 0.05) is 6.42 Å². The van der Waals surface area contributed by atoms with Gasteiger partial charge in [-0.05, 0) is 25.8 Å². The van der Waals surface area contributed by atoms with Gasteiger partial charge >= 0.3 is 95.3 Å². The molecule has 1 unspecified atom stereocenters. The van der Waals surface area contributed by atoms with Crippen molar-refractivity contribution in [2.45, 2.75) is 158 Å². The van der Waals surface area contributed by atoms with Crippen LogP contribution in [0.5, 0.6) is 0 Å². The third kappa shape index (κ3) is 8.40. The summed E-state index contributed by atoms with van der Waals surface area (Å²) >= 11 is 0. The molecule has 2 fully saturated rings. The van der Waals surface area contributed by atoms with E-state index in [2.05, 4.69) is 4.74 Å². The summed E-state index contributed by atoms with van der Waals surface area (Å²) in [5.74, 6) is -124. The minimum Gasteiger partial charge on any atom is -0.358 e. The molecule has 2 aliphatic rings. The van der Waals surface area contributed by atoms with Crippen LogP contribution in [0.25, 0.3) is 0 Å². The number of halogens is 34. The molecule has 1 aromatic carbocycles. The number of ether oxygens (including phenoxy) is 4. The molecule has 0 N–H and O–H groups in total. The van der Waals surface area contributed by atoms with Crippen LogP contribution in [0.1, 0.15) is 38.4 Å². The molecule has 0 aromatic heterocycles. The first-order chi connectivity index (χ1) is 30.4. The van der Waals surface area contributed by atoms with Crippen molar-refractivity contribution in [1.29, 1.82) is 0 Å². The van der Waals surface area contributed by atoms with Gasteiger partial charge in [-0.25, -0.2) is 0 Å². The quantitative estimate of drug-likeness (QED) is 0.129. The Labute approximate surface area is 363 Å². The summed E-state index contributed by atoms with van der Waals surface area (Å²) in [6, 6.07) is 1.20. The first kappa shape index (κ1) is 61.0. The third-order valence-corrected chi connectivity index (χ3v) is 10.1. The van der Waals surface area contributed by atoms with E-state index in [9.17, 15) is 132 Å². The summed E-state index contributed by atoms with van der Waals surface area (Å²) in [5, 5.41) is 0. The van der Waals surface area contributed by atoms with Crippen molar-refractivity contribution >= 4 is 0 Å². The SMILES string of the molecule is CC1(C)O[C@H]2O[C@H](CCC(F)(F)C(F)(F)C(F)(F)C(F)(F)C(F)(F)C(F)(F)C(F)(F)C(F)(F)F)[C@H](OC(c3ccccc3)C(F)(F)C(F)(F)C(F)(F)C(F)(F)C(F)(F)C(F)(F)C(F)(F)C(F)(F)F)[C@H]2O1. The molecule has 1 aromatic rings. The summed E-state index contributed by atoms with van der Waals surface area (Å²) in [6.45, 7) is 1.42. The molecule has 0 saturated carbocycles. The maximum absolute atomic E-state index is 15.9. The summed E-state index contributed by atoms with van der Waals surface area (Å²) in [5.41, 5.74) is -1.93. The van der Waals surface area contributed by atoms with E-state index in [1.54, 1.807) is 0 Å². The highest BCUT2D eigenvalue weighted by molar-refractivity contribution is 5.24. The number of alkyl halides is 34. The number of fused-ring (bicyclic) bond motifs is 1. The summed E-state index contributed by atoms with van der Waals surface area (Å²) in [4.78, 5) is 0. The predicted octanol–water partition coefficient (Wildman–Crippen LogP) is 13.8. The van der Waals surface area contributed by atoms with Crippen LogP contribution in [0.15, 0.2) is 30.3 Å². The van der Waals surface area contributed by atoms with Crippen LogP contribution in [0.2, 0.25) is 0 Å². The Kier molecular flexibility index (Phi) is 14.7. The van der Waals surface area contributed by atoms with Gasteiger partial charge in [0.05, 0.1) is 6.10 Å². The largest absolute Gasteiger partial charge is 0.460 e. The zero-order valence-corrected chi connectivity index (χ0v) is 32.7. The fourth-order valence-electron chi connectivity index (χ4n) is 6.12. The predicted molar refractivity (Wildman–Crippen MR) is 153 cm³/mol. The molecule has 5 atom stereocenters. The lowest BCUT2D eigenvalue weighted by atomic mass is 9.86. The van der Waals surface area contributed by atoms with Gasteiger partial charge < -0.3 is 18.9 Å². The highest BCUT2D eigenvalue weighted by Crippen LogP contribution is 2.67. The first-order valence-corrected chi connectivity index (χ1v) is 17.5. The van der Waals surface area contributed by atoms with Gasteiger partial charge in [-0.3, -0.25) is 0 Å².